The minimum Gasteiger partial charge on any atom is -0.550 e. The first-order valence-corrected chi connectivity index (χ1v) is 23.6. The third kappa shape index (κ3) is 63.1. The molecule has 0 atom stereocenters. The van der Waals surface area contributed by atoms with Crippen LogP contribution in [-0.2, 0) is 28.8 Å². The molecule has 0 aliphatic rings. The summed E-state index contributed by atoms with van der Waals surface area (Å²) in [5.41, 5.74) is 0. The molecule has 0 heterocycles. The first kappa shape index (κ1) is 62.6. The largest absolute Gasteiger partial charge is 3.00 e. The van der Waals surface area contributed by atoms with E-state index >= 15 is 0 Å². The van der Waals surface area contributed by atoms with Crippen LogP contribution in [0, 0.1) is 0 Å². The molecule has 0 saturated carbocycles. The smallest absolute Gasteiger partial charge is 0.550 e. The third-order valence-corrected chi connectivity index (χ3v) is 10.2. The van der Waals surface area contributed by atoms with Crippen LogP contribution in [0.3, 0.4) is 0 Å². The van der Waals surface area contributed by atoms with Crippen LogP contribution in [0.25, 0.3) is 0 Å². The molecular formula is C48H87AlO9. The summed E-state index contributed by atoms with van der Waals surface area (Å²) in [7, 11) is 0. The Morgan fingerprint density at radius 3 is 0.534 bits per heavy atom. The summed E-state index contributed by atoms with van der Waals surface area (Å²) in [5.74, 6) is -4.36. The Hall–Kier alpha value is -2.05. The first-order valence-electron chi connectivity index (χ1n) is 23.6. The van der Waals surface area contributed by atoms with Crippen molar-refractivity contribution in [3.63, 3.8) is 0 Å². The molecule has 336 valence electrons. The number of aliphatic carboxylic acids is 3. The van der Waals surface area contributed by atoms with E-state index in [1.807, 2.05) is 0 Å². The Balaban J connectivity index is -0.000000374. The average molecular weight is 835 g/mol. The molecule has 0 fully saturated rings. The molecule has 0 spiro atoms. The van der Waals surface area contributed by atoms with E-state index in [1.165, 1.54) is 154 Å². The Morgan fingerprint density at radius 2 is 0.397 bits per heavy atom. The molecule has 0 aromatic carbocycles. The number of rotatable bonds is 42. The van der Waals surface area contributed by atoms with Gasteiger partial charge in [-0.05, 0) is 19.3 Å². The monoisotopic (exact) mass is 835 g/mol. The Morgan fingerprint density at radius 1 is 0.259 bits per heavy atom. The first-order chi connectivity index (χ1) is 27.5. The number of carboxylic acids is 3. The van der Waals surface area contributed by atoms with Crippen molar-refractivity contribution in [1.29, 1.82) is 0 Å². The molecule has 0 amide bonds. The molecule has 0 unspecified atom stereocenters. The van der Waals surface area contributed by atoms with Gasteiger partial charge >= 0.3 is 17.4 Å². The summed E-state index contributed by atoms with van der Waals surface area (Å²) in [6.45, 7) is 6.70. The van der Waals surface area contributed by atoms with Crippen molar-refractivity contribution < 1.29 is 44.1 Å². The van der Waals surface area contributed by atoms with Crippen molar-refractivity contribution in [2.75, 3.05) is 0 Å². The minimum absolute atomic E-state index is 0. The molecule has 0 saturated heterocycles. The fourth-order valence-electron chi connectivity index (χ4n) is 6.71. The second kappa shape index (κ2) is 53.0. The molecule has 0 rings (SSSR count). The van der Waals surface area contributed by atoms with Crippen LogP contribution in [0.2, 0.25) is 0 Å². The van der Waals surface area contributed by atoms with Crippen molar-refractivity contribution in [2.45, 2.75) is 271 Å². The van der Waals surface area contributed by atoms with Gasteiger partial charge < -0.3 is 29.7 Å². The summed E-state index contributed by atoms with van der Waals surface area (Å²) in [5, 5.41) is 30.5. The van der Waals surface area contributed by atoms with E-state index in [0.29, 0.717) is 19.3 Å². The molecule has 0 aromatic rings. The predicted octanol–water partition coefficient (Wildman–Crippen LogP) is 9.81. The van der Waals surface area contributed by atoms with Gasteiger partial charge in [-0.15, -0.1) is 0 Å². The number of ketones is 3. The van der Waals surface area contributed by atoms with Gasteiger partial charge in [0.25, 0.3) is 0 Å². The molecule has 0 aliphatic heterocycles. The molecule has 9 nitrogen and oxygen atoms in total. The number of carboxylic acid groups (broad SMARTS) is 3. The van der Waals surface area contributed by atoms with E-state index < -0.39 is 37.2 Å². The maximum Gasteiger partial charge on any atom is 3.00 e. The number of Topliss-reactive ketones (excluding diaryl/α,β-unsaturated/α-hetero) is 3. The van der Waals surface area contributed by atoms with Gasteiger partial charge in [-0.2, -0.15) is 0 Å². The van der Waals surface area contributed by atoms with E-state index in [2.05, 4.69) is 20.8 Å². The number of hydrogen-bond donors (Lipinski definition) is 0. The Bertz CT molecular complexity index is 835. The van der Waals surface area contributed by atoms with E-state index in [9.17, 15) is 44.1 Å². The van der Waals surface area contributed by atoms with Gasteiger partial charge in [0.05, 0.1) is 0 Å². The van der Waals surface area contributed by atoms with Crippen LogP contribution in [0.5, 0.6) is 0 Å². The Kier molecular flexibility index (Phi) is 57.2. The van der Waals surface area contributed by atoms with Crippen molar-refractivity contribution in [3.05, 3.63) is 0 Å². The van der Waals surface area contributed by atoms with Gasteiger partial charge in [0, 0.05) is 56.4 Å². The van der Waals surface area contributed by atoms with E-state index in [1.54, 1.807) is 0 Å². The number of carbonyl (C=O) groups is 6. The summed E-state index contributed by atoms with van der Waals surface area (Å²) in [4.78, 5) is 63.8. The zero-order valence-corrected chi connectivity index (χ0v) is 39.0. The molecular weight excluding hydrogens is 748 g/mol. The third-order valence-electron chi connectivity index (χ3n) is 10.2. The Labute approximate surface area is 366 Å². The van der Waals surface area contributed by atoms with Gasteiger partial charge in [0.15, 0.2) is 0 Å². The van der Waals surface area contributed by atoms with Crippen molar-refractivity contribution in [2.24, 2.45) is 0 Å². The summed E-state index contributed by atoms with van der Waals surface area (Å²) in [6.07, 6.45) is 40.8. The fourth-order valence-corrected chi connectivity index (χ4v) is 6.71. The molecule has 58 heavy (non-hydrogen) atoms. The van der Waals surface area contributed by atoms with Gasteiger partial charge in [-0.3, -0.25) is 14.4 Å². The van der Waals surface area contributed by atoms with Gasteiger partial charge in [0.1, 0.15) is 17.3 Å². The van der Waals surface area contributed by atoms with Crippen molar-refractivity contribution in [3.8, 4) is 0 Å². The topological polar surface area (TPSA) is 172 Å². The summed E-state index contributed by atoms with van der Waals surface area (Å²) < 4.78 is 0. The van der Waals surface area contributed by atoms with Gasteiger partial charge in [-0.25, -0.2) is 0 Å². The summed E-state index contributed by atoms with van der Waals surface area (Å²) in [6, 6.07) is 0. The normalized spacial score (nSPS) is 10.4. The maximum absolute atomic E-state index is 11.1. The zero-order chi connectivity index (χ0) is 43.0. The molecule has 0 radical (unpaired) electrons. The van der Waals surface area contributed by atoms with Crippen LogP contribution in [0.4, 0.5) is 0 Å². The van der Waals surface area contributed by atoms with Crippen molar-refractivity contribution >= 4 is 52.6 Å². The molecule has 0 N–H and O–H groups in total. The quantitative estimate of drug-likeness (QED) is 0.0330. The molecule has 0 bridgehead atoms. The number of hydrogen-bond acceptors (Lipinski definition) is 9. The van der Waals surface area contributed by atoms with E-state index in [-0.39, 0.29) is 34.7 Å². The van der Waals surface area contributed by atoms with Crippen LogP contribution in [0.15, 0.2) is 0 Å². The van der Waals surface area contributed by atoms with E-state index in [4.69, 9.17) is 0 Å². The molecule has 0 aliphatic carbocycles. The summed E-state index contributed by atoms with van der Waals surface area (Å²) >= 11 is 0. The number of unbranched alkanes of at least 4 members (excludes halogenated alkanes) is 30. The molecule has 10 heteroatoms. The van der Waals surface area contributed by atoms with Crippen LogP contribution < -0.4 is 15.3 Å². The zero-order valence-electron chi connectivity index (χ0n) is 37.8. The van der Waals surface area contributed by atoms with Crippen LogP contribution in [-0.4, -0.2) is 52.6 Å². The average Bonchev–Trinajstić information content (AvgIpc) is 3.14. The van der Waals surface area contributed by atoms with Gasteiger partial charge in [-0.1, -0.05) is 213 Å². The predicted molar refractivity (Wildman–Crippen MR) is 233 cm³/mol. The second-order valence-corrected chi connectivity index (χ2v) is 16.1. The van der Waals surface area contributed by atoms with Crippen LogP contribution >= 0.6 is 0 Å². The second-order valence-electron chi connectivity index (χ2n) is 16.1. The van der Waals surface area contributed by atoms with Crippen molar-refractivity contribution in [1.82, 2.24) is 0 Å². The SMILES string of the molecule is CCCCCCCCCCCCCC(=O)CC(=O)[O-].CCCCCCCCCCCCCC(=O)CC(=O)[O-].CCCCCCCCCCCCCC(=O)CC(=O)[O-].[Al+3]. The maximum atomic E-state index is 11.1. The fraction of sp³-hybridized carbons (Fsp3) is 0.875. The van der Waals surface area contributed by atoms with E-state index in [0.717, 1.165) is 57.8 Å². The minimum atomic E-state index is -1.26. The van der Waals surface area contributed by atoms with Gasteiger partial charge in [0.2, 0.25) is 0 Å². The van der Waals surface area contributed by atoms with Crippen LogP contribution in [0.1, 0.15) is 271 Å². The molecule has 0 aromatic heterocycles. The number of carbonyl (C=O) groups excluding carboxylic acids is 6. The standard InChI is InChI=1S/3C16H30O3.Al/c3*1-2-3-4-5-6-7-8-9-10-11-12-13-15(17)14-16(18)19;/h3*2-14H2,1H3,(H,18,19);/q;;;+3/p-3.